The molecule has 0 aliphatic heterocycles. The van der Waals surface area contributed by atoms with Crippen molar-refractivity contribution in [2.24, 2.45) is 10.9 Å². The van der Waals surface area contributed by atoms with Gasteiger partial charge in [-0.05, 0) is 38.5 Å². The van der Waals surface area contributed by atoms with Gasteiger partial charge in [0.25, 0.3) is 0 Å². The lowest BCUT2D eigenvalue weighted by Crippen LogP contribution is -1.90. The van der Waals surface area contributed by atoms with E-state index in [-0.39, 0.29) is 0 Å². The Kier molecular flexibility index (Phi) is 6.21. The second kappa shape index (κ2) is 6.64. The maximum Gasteiger partial charge on any atom is 0.0396 e. The molecule has 0 aromatic heterocycles. The van der Waals surface area contributed by atoms with E-state index in [2.05, 4.69) is 51.6 Å². The monoisotopic (exact) mass is 179 g/mol. The van der Waals surface area contributed by atoms with E-state index in [0.717, 1.165) is 18.5 Å². The third-order valence-electron chi connectivity index (χ3n) is 1.93. The van der Waals surface area contributed by atoms with Crippen LogP contribution in [0.2, 0.25) is 0 Å². The van der Waals surface area contributed by atoms with Gasteiger partial charge in [0.1, 0.15) is 0 Å². The van der Waals surface area contributed by atoms with Gasteiger partial charge >= 0.3 is 0 Å². The number of allylic oxidation sites excluding steroid dienone is 4. The van der Waals surface area contributed by atoms with Crippen LogP contribution in [-0.4, -0.2) is 6.72 Å². The van der Waals surface area contributed by atoms with Gasteiger partial charge < -0.3 is 0 Å². The molecule has 1 nitrogen and oxygen atoms in total. The maximum atomic E-state index is 3.97. The molecule has 0 unspecified atom stereocenters. The summed E-state index contributed by atoms with van der Waals surface area (Å²) in [5, 5.41) is 0. The van der Waals surface area contributed by atoms with E-state index in [1.807, 2.05) is 0 Å². The fourth-order valence-electron chi connectivity index (χ4n) is 1.21. The molecule has 1 heteroatoms. The third kappa shape index (κ3) is 5.40. The smallest absolute Gasteiger partial charge is 0.0396 e. The standard InChI is InChI=1S/C12H21N/c1-6-11(8-10(3)4)9-12(7-2)13-5/h6,9-10H,5,7-8H2,1-4H3/b11-6-,12-9+. The zero-order chi connectivity index (χ0) is 10.3. The van der Waals surface area contributed by atoms with Gasteiger partial charge in [-0.3, -0.25) is 4.99 Å². The molecule has 0 saturated carbocycles. The molecule has 0 rings (SSSR count). The van der Waals surface area contributed by atoms with Crippen LogP contribution < -0.4 is 0 Å². The molecule has 0 atom stereocenters. The fraction of sp³-hybridized carbons (Fsp3) is 0.583. The second-order valence-corrected chi connectivity index (χ2v) is 3.61. The summed E-state index contributed by atoms with van der Waals surface area (Å²) in [7, 11) is 0. The lowest BCUT2D eigenvalue weighted by molar-refractivity contribution is 0.648. The maximum absolute atomic E-state index is 3.97. The molecule has 0 amide bonds. The normalized spacial score (nSPS) is 13.6. The summed E-state index contributed by atoms with van der Waals surface area (Å²) < 4.78 is 0. The predicted octanol–water partition coefficient (Wildman–Crippen LogP) is 3.97. The largest absolute Gasteiger partial charge is 0.269 e. The molecule has 0 aliphatic carbocycles. The van der Waals surface area contributed by atoms with Crippen LogP contribution in [0.1, 0.15) is 40.5 Å². The molecule has 0 heterocycles. The van der Waals surface area contributed by atoms with Gasteiger partial charge in [-0.2, -0.15) is 0 Å². The Morgan fingerprint density at radius 2 is 2.08 bits per heavy atom. The topological polar surface area (TPSA) is 12.4 Å². The van der Waals surface area contributed by atoms with Crippen molar-refractivity contribution in [3.8, 4) is 0 Å². The molecule has 0 radical (unpaired) electrons. The van der Waals surface area contributed by atoms with Crippen LogP contribution in [-0.2, 0) is 0 Å². The number of aliphatic imine (C=N–C) groups is 1. The first-order valence-electron chi connectivity index (χ1n) is 4.96. The molecule has 0 aromatic rings. The first-order valence-corrected chi connectivity index (χ1v) is 4.96. The summed E-state index contributed by atoms with van der Waals surface area (Å²) in [5.74, 6) is 0.699. The van der Waals surface area contributed by atoms with Gasteiger partial charge in [0.05, 0.1) is 0 Å². The Labute approximate surface area is 82.3 Å². The van der Waals surface area contributed by atoms with Crippen molar-refractivity contribution in [3.63, 3.8) is 0 Å². The molecule has 0 N–H and O–H groups in total. The van der Waals surface area contributed by atoms with Crippen LogP contribution in [0.25, 0.3) is 0 Å². The van der Waals surface area contributed by atoms with Crippen molar-refractivity contribution < 1.29 is 0 Å². The predicted molar refractivity (Wildman–Crippen MR) is 61.1 cm³/mol. The first-order chi connectivity index (χ1) is 6.13. The van der Waals surface area contributed by atoms with E-state index in [4.69, 9.17) is 0 Å². The van der Waals surface area contributed by atoms with E-state index >= 15 is 0 Å². The number of nitrogens with zero attached hydrogens (tertiary/aromatic N) is 1. The number of hydrogen-bond acceptors (Lipinski definition) is 1. The van der Waals surface area contributed by atoms with Crippen molar-refractivity contribution in [2.75, 3.05) is 0 Å². The molecule has 0 saturated heterocycles. The van der Waals surface area contributed by atoms with E-state index in [1.54, 1.807) is 0 Å². The summed E-state index contributed by atoms with van der Waals surface area (Å²) >= 11 is 0. The summed E-state index contributed by atoms with van der Waals surface area (Å²) in [6.45, 7) is 12.2. The Hall–Kier alpha value is -0.850. The average molecular weight is 179 g/mol. The Bertz CT molecular complexity index is 209. The van der Waals surface area contributed by atoms with Gasteiger partial charge in [0.15, 0.2) is 0 Å². The van der Waals surface area contributed by atoms with Crippen LogP contribution in [0.3, 0.4) is 0 Å². The molecule has 13 heavy (non-hydrogen) atoms. The Balaban J connectivity index is 4.43. The molecule has 0 bridgehead atoms. The van der Waals surface area contributed by atoms with E-state index in [1.165, 1.54) is 5.57 Å². The molecule has 0 spiro atoms. The van der Waals surface area contributed by atoms with Gasteiger partial charge in [-0.1, -0.05) is 32.4 Å². The second-order valence-electron chi connectivity index (χ2n) is 3.61. The fourth-order valence-corrected chi connectivity index (χ4v) is 1.21. The van der Waals surface area contributed by atoms with Gasteiger partial charge in [-0.15, -0.1) is 0 Å². The van der Waals surface area contributed by atoms with E-state index in [0.29, 0.717) is 5.92 Å². The van der Waals surface area contributed by atoms with Gasteiger partial charge in [0, 0.05) is 5.70 Å². The van der Waals surface area contributed by atoms with Crippen LogP contribution >= 0.6 is 0 Å². The van der Waals surface area contributed by atoms with Crippen LogP contribution in [0.4, 0.5) is 0 Å². The summed E-state index contributed by atoms with van der Waals surface area (Å²) in [4.78, 5) is 3.97. The Morgan fingerprint density at radius 3 is 2.38 bits per heavy atom. The van der Waals surface area contributed by atoms with Gasteiger partial charge in [0.2, 0.25) is 0 Å². The lowest BCUT2D eigenvalue weighted by atomic mass is 10.0. The van der Waals surface area contributed by atoms with Crippen molar-refractivity contribution in [1.82, 2.24) is 0 Å². The van der Waals surface area contributed by atoms with Crippen molar-refractivity contribution in [2.45, 2.75) is 40.5 Å². The highest BCUT2D eigenvalue weighted by Crippen LogP contribution is 2.15. The van der Waals surface area contributed by atoms with Gasteiger partial charge in [-0.25, -0.2) is 0 Å². The SMILES string of the molecule is C=N/C(=C/C(=C\C)CC(C)C)CC. The van der Waals surface area contributed by atoms with Crippen molar-refractivity contribution >= 4 is 6.72 Å². The summed E-state index contributed by atoms with van der Waals surface area (Å²) in [5.41, 5.74) is 2.44. The minimum Gasteiger partial charge on any atom is -0.269 e. The molecular weight excluding hydrogens is 158 g/mol. The highest BCUT2D eigenvalue weighted by Gasteiger charge is 1.98. The van der Waals surface area contributed by atoms with Crippen LogP contribution in [0.5, 0.6) is 0 Å². The minimum absolute atomic E-state index is 0.699. The molecule has 0 aromatic carbocycles. The zero-order valence-electron chi connectivity index (χ0n) is 9.30. The third-order valence-corrected chi connectivity index (χ3v) is 1.93. The lowest BCUT2D eigenvalue weighted by Gasteiger charge is -2.06. The highest BCUT2D eigenvalue weighted by molar-refractivity contribution is 5.32. The minimum atomic E-state index is 0.699. The Morgan fingerprint density at radius 1 is 1.46 bits per heavy atom. The highest BCUT2D eigenvalue weighted by atomic mass is 14.7. The van der Waals surface area contributed by atoms with Crippen LogP contribution in [0.15, 0.2) is 28.4 Å². The zero-order valence-corrected chi connectivity index (χ0v) is 9.30. The van der Waals surface area contributed by atoms with E-state index < -0.39 is 0 Å². The average Bonchev–Trinajstić information content (AvgIpc) is 2.11. The first kappa shape index (κ1) is 12.2. The molecule has 0 aliphatic rings. The van der Waals surface area contributed by atoms with Crippen LogP contribution in [0, 0.1) is 5.92 Å². The molecule has 0 fully saturated rings. The number of rotatable bonds is 5. The summed E-state index contributed by atoms with van der Waals surface area (Å²) in [6, 6.07) is 0. The molecule has 74 valence electrons. The van der Waals surface area contributed by atoms with Crippen molar-refractivity contribution in [3.05, 3.63) is 23.4 Å². The summed E-state index contributed by atoms with van der Waals surface area (Å²) in [6.07, 6.45) is 6.38. The number of hydrogen-bond donors (Lipinski definition) is 0. The van der Waals surface area contributed by atoms with E-state index in [9.17, 15) is 0 Å². The quantitative estimate of drug-likeness (QED) is 0.447. The van der Waals surface area contributed by atoms with Crippen molar-refractivity contribution in [1.29, 1.82) is 0 Å². The molecular formula is C12H21N.